The molecule has 1 aromatic carbocycles. The number of aryl methyl sites for hydroxylation is 2. The minimum absolute atomic E-state index is 0.227. The number of nitrogens with one attached hydrogen (secondary N) is 1. The number of aromatic nitrogens is 2. The van der Waals surface area contributed by atoms with Crippen LogP contribution in [0.1, 0.15) is 23.0 Å². The lowest BCUT2D eigenvalue weighted by Gasteiger charge is -2.10. The molecule has 2 aromatic heterocycles. The summed E-state index contributed by atoms with van der Waals surface area (Å²) in [7, 11) is 1.71. The van der Waals surface area contributed by atoms with E-state index in [1.54, 1.807) is 43.8 Å². The molecular formula is C18H17ClFN3O2. The van der Waals surface area contributed by atoms with E-state index in [1.165, 1.54) is 12.3 Å². The molecule has 0 saturated carbocycles. The Labute approximate surface area is 149 Å². The summed E-state index contributed by atoms with van der Waals surface area (Å²) in [6.07, 6.45) is 3.08. The highest BCUT2D eigenvalue weighted by atomic mass is 35.5. The van der Waals surface area contributed by atoms with Crippen molar-refractivity contribution in [3.8, 4) is 0 Å². The van der Waals surface area contributed by atoms with E-state index in [-0.39, 0.29) is 18.0 Å². The topological polar surface area (TPSA) is 56.1 Å². The number of esters is 1. The molecule has 0 aliphatic rings. The average Bonchev–Trinajstić information content (AvgIpc) is 2.84. The third-order valence-electron chi connectivity index (χ3n) is 3.90. The van der Waals surface area contributed by atoms with E-state index >= 15 is 0 Å². The lowest BCUT2D eigenvalue weighted by Crippen LogP contribution is -2.12. The first-order chi connectivity index (χ1) is 11.9. The molecule has 0 aliphatic carbocycles. The number of hydrogen-bond acceptors (Lipinski definition) is 4. The van der Waals surface area contributed by atoms with Crippen molar-refractivity contribution in [2.75, 3.05) is 11.9 Å². The molecule has 0 fully saturated rings. The highest BCUT2D eigenvalue weighted by Gasteiger charge is 2.24. The van der Waals surface area contributed by atoms with E-state index in [2.05, 4.69) is 10.3 Å². The van der Waals surface area contributed by atoms with Gasteiger partial charge in [-0.05, 0) is 31.5 Å². The third-order valence-corrected chi connectivity index (χ3v) is 4.18. The predicted molar refractivity (Wildman–Crippen MR) is 96.1 cm³/mol. The summed E-state index contributed by atoms with van der Waals surface area (Å²) < 4.78 is 21.1. The molecule has 0 saturated heterocycles. The van der Waals surface area contributed by atoms with Gasteiger partial charge in [0.15, 0.2) is 5.69 Å². The van der Waals surface area contributed by atoms with Gasteiger partial charge in [0.1, 0.15) is 5.82 Å². The first kappa shape index (κ1) is 17.2. The van der Waals surface area contributed by atoms with Crippen LogP contribution in [0.25, 0.3) is 10.9 Å². The van der Waals surface area contributed by atoms with Gasteiger partial charge in [-0.3, -0.25) is 4.98 Å². The van der Waals surface area contributed by atoms with Crippen LogP contribution in [0.2, 0.25) is 5.02 Å². The van der Waals surface area contributed by atoms with Crippen LogP contribution in [0.5, 0.6) is 0 Å². The van der Waals surface area contributed by atoms with E-state index in [0.29, 0.717) is 21.6 Å². The summed E-state index contributed by atoms with van der Waals surface area (Å²) in [4.78, 5) is 16.5. The van der Waals surface area contributed by atoms with Crippen molar-refractivity contribution < 1.29 is 13.9 Å². The van der Waals surface area contributed by atoms with Crippen LogP contribution in [-0.4, -0.2) is 22.1 Å². The van der Waals surface area contributed by atoms with E-state index in [9.17, 15) is 9.18 Å². The molecule has 25 heavy (non-hydrogen) atoms. The molecule has 5 nitrogen and oxygen atoms in total. The maximum Gasteiger partial charge on any atom is 0.357 e. The number of carbonyl (C=O) groups excluding carboxylic acids is 1. The minimum atomic E-state index is -0.521. The molecule has 0 amide bonds. The lowest BCUT2D eigenvalue weighted by molar-refractivity contribution is 0.0517. The van der Waals surface area contributed by atoms with Crippen molar-refractivity contribution in [3.63, 3.8) is 0 Å². The number of halogens is 2. The SMILES string of the molecule is CCOC(=O)c1c(Nc2ccc(C)cc2F)c2cncc(Cl)c2n1C. The number of hydrogen-bond donors (Lipinski definition) is 1. The van der Waals surface area contributed by atoms with Gasteiger partial charge in [-0.15, -0.1) is 0 Å². The minimum Gasteiger partial charge on any atom is -0.461 e. The molecule has 0 radical (unpaired) electrons. The zero-order valence-corrected chi connectivity index (χ0v) is 14.8. The van der Waals surface area contributed by atoms with Crippen molar-refractivity contribution in [1.82, 2.24) is 9.55 Å². The van der Waals surface area contributed by atoms with Gasteiger partial charge in [-0.2, -0.15) is 0 Å². The zero-order chi connectivity index (χ0) is 18.1. The standard InChI is InChI=1S/C18H17ClFN3O2/c1-4-25-18(24)17-15(22-14-6-5-10(2)7-13(14)20)11-8-21-9-12(19)16(11)23(17)3/h5-9,22H,4H2,1-3H3. The first-order valence-electron chi connectivity index (χ1n) is 7.76. The first-order valence-corrected chi connectivity index (χ1v) is 8.14. The van der Waals surface area contributed by atoms with Crippen LogP contribution in [0, 0.1) is 12.7 Å². The quantitative estimate of drug-likeness (QED) is 0.690. The van der Waals surface area contributed by atoms with Gasteiger partial charge in [-0.1, -0.05) is 17.7 Å². The van der Waals surface area contributed by atoms with Crippen molar-refractivity contribution >= 4 is 39.8 Å². The average molecular weight is 362 g/mol. The van der Waals surface area contributed by atoms with Gasteiger partial charge in [0.25, 0.3) is 0 Å². The molecule has 0 unspecified atom stereocenters. The van der Waals surface area contributed by atoms with Crippen LogP contribution in [0.15, 0.2) is 30.6 Å². The Morgan fingerprint density at radius 3 is 2.84 bits per heavy atom. The fourth-order valence-corrected chi connectivity index (χ4v) is 3.07. The largest absolute Gasteiger partial charge is 0.461 e. The van der Waals surface area contributed by atoms with Gasteiger partial charge in [0.05, 0.1) is 28.5 Å². The third kappa shape index (κ3) is 3.05. The van der Waals surface area contributed by atoms with Crippen LogP contribution in [0.4, 0.5) is 15.8 Å². The molecule has 130 valence electrons. The lowest BCUT2D eigenvalue weighted by atomic mass is 10.2. The summed E-state index contributed by atoms with van der Waals surface area (Å²) in [5.74, 6) is -0.936. The predicted octanol–water partition coefficient (Wildman–Crippen LogP) is 4.59. The highest BCUT2D eigenvalue weighted by Crippen LogP contribution is 2.36. The van der Waals surface area contributed by atoms with E-state index in [1.807, 2.05) is 0 Å². The fourth-order valence-electron chi connectivity index (χ4n) is 2.78. The molecular weight excluding hydrogens is 345 g/mol. The molecule has 7 heteroatoms. The second-order valence-corrected chi connectivity index (χ2v) is 6.04. The van der Waals surface area contributed by atoms with E-state index in [0.717, 1.165) is 5.56 Å². The number of carbonyl (C=O) groups is 1. The van der Waals surface area contributed by atoms with Crippen molar-refractivity contribution in [1.29, 1.82) is 0 Å². The van der Waals surface area contributed by atoms with Crippen molar-refractivity contribution in [2.24, 2.45) is 7.05 Å². The maximum absolute atomic E-state index is 14.3. The summed E-state index contributed by atoms with van der Waals surface area (Å²) in [6, 6.07) is 4.82. The van der Waals surface area contributed by atoms with Crippen LogP contribution in [-0.2, 0) is 11.8 Å². The van der Waals surface area contributed by atoms with Crippen LogP contribution < -0.4 is 5.32 Å². The number of ether oxygens (including phenoxy) is 1. The fraction of sp³-hybridized carbons (Fsp3) is 0.222. The molecule has 2 heterocycles. The molecule has 0 bridgehead atoms. The summed E-state index contributed by atoms with van der Waals surface area (Å²) in [6.45, 7) is 3.75. The van der Waals surface area contributed by atoms with Gasteiger partial charge >= 0.3 is 5.97 Å². The summed E-state index contributed by atoms with van der Waals surface area (Å²) in [5.41, 5.74) is 2.34. The Bertz CT molecular complexity index is 969. The summed E-state index contributed by atoms with van der Waals surface area (Å²) >= 11 is 6.25. The van der Waals surface area contributed by atoms with Gasteiger partial charge < -0.3 is 14.6 Å². The number of pyridine rings is 1. The van der Waals surface area contributed by atoms with Gasteiger partial charge in [0.2, 0.25) is 0 Å². The molecule has 1 N–H and O–H groups in total. The second-order valence-electron chi connectivity index (χ2n) is 5.63. The van der Waals surface area contributed by atoms with Crippen molar-refractivity contribution in [3.05, 3.63) is 52.7 Å². The van der Waals surface area contributed by atoms with Gasteiger partial charge in [0, 0.05) is 24.8 Å². The smallest absolute Gasteiger partial charge is 0.357 e. The normalized spacial score (nSPS) is 10.9. The molecule has 0 aliphatic heterocycles. The molecule has 3 aromatic rings. The monoisotopic (exact) mass is 361 g/mol. The summed E-state index contributed by atoms with van der Waals surface area (Å²) in [5, 5.41) is 4.00. The van der Waals surface area contributed by atoms with E-state index in [4.69, 9.17) is 16.3 Å². The number of fused-ring (bicyclic) bond motifs is 1. The number of anilines is 2. The van der Waals surface area contributed by atoms with Gasteiger partial charge in [-0.25, -0.2) is 9.18 Å². The Balaban J connectivity index is 2.23. The number of rotatable bonds is 4. The molecule has 0 atom stereocenters. The van der Waals surface area contributed by atoms with Crippen LogP contribution in [0.3, 0.4) is 0 Å². The van der Waals surface area contributed by atoms with Crippen molar-refractivity contribution in [2.45, 2.75) is 13.8 Å². The Morgan fingerprint density at radius 1 is 1.40 bits per heavy atom. The Hall–Kier alpha value is -2.60. The maximum atomic E-state index is 14.3. The Kier molecular flexibility index (Phi) is 4.63. The highest BCUT2D eigenvalue weighted by molar-refractivity contribution is 6.35. The molecule has 0 spiro atoms. The Morgan fingerprint density at radius 2 is 2.16 bits per heavy atom. The van der Waals surface area contributed by atoms with E-state index < -0.39 is 11.8 Å². The second kappa shape index (κ2) is 6.72. The van der Waals surface area contributed by atoms with Crippen LogP contribution >= 0.6 is 11.6 Å². The molecule has 3 rings (SSSR count). The number of benzene rings is 1. The zero-order valence-electron chi connectivity index (χ0n) is 14.1. The number of nitrogens with zero attached hydrogens (tertiary/aromatic N) is 2.